The number of pyridine rings is 1. The molecule has 4 atom stereocenters. The summed E-state index contributed by atoms with van der Waals surface area (Å²) in [6.45, 7) is 1.81. The molecule has 5 nitrogen and oxygen atoms in total. The minimum Gasteiger partial charge on any atom is -0.511 e. The molecule has 2 aliphatic heterocycles. The lowest BCUT2D eigenvalue weighted by Gasteiger charge is -2.19. The van der Waals surface area contributed by atoms with Crippen LogP contribution in [0.4, 0.5) is 26.3 Å². The van der Waals surface area contributed by atoms with Gasteiger partial charge in [-0.25, -0.2) is 4.98 Å². The van der Waals surface area contributed by atoms with E-state index in [-0.39, 0.29) is 47.3 Å². The average molecular weight is 499 g/mol. The number of carbonyl (C=O) groups excluding carboxylic acids is 1. The van der Waals surface area contributed by atoms with Crippen LogP contribution < -0.4 is 4.74 Å². The van der Waals surface area contributed by atoms with Gasteiger partial charge in [0.2, 0.25) is 5.88 Å². The van der Waals surface area contributed by atoms with E-state index in [0.717, 1.165) is 6.42 Å². The van der Waals surface area contributed by atoms with Crippen molar-refractivity contribution < 1.29 is 45.7 Å². The highest BCUT2D eigenvalue weighted by Crippen LogP contribution is 2.54. The van der Waals surface area contributed by atoms with Crippen molar-refractivity contribution in [3.05, 3.63) is 58.5 Å². The van der Waals surface area contributed by atoms with Crippen molar-refractivity contribution in [2.24, 2.45) is 11.8 Å². The Morgan fingerprint density at radius 1 is 1.06 bits per heavy atom. The number of aliphatic hydroxyl groups is 1. The maximum absolute atomic E-state index is 13.5. The fraction of sp³-hybridized carbons (Fsp3) is 0.417. The molecule has 0 saturated carbocycles. The van der Waals surface area contributed by atoms with Crippen molar-refractivity contribution in [3.8, 4) is 11.6 Å². The van der Waals surface area contributed by atoms with Crippen molar-refractivity contribution >= 4 is 11.4 Å². The normalized spacial score (nSPS) is 26.0. The molecule has 2 bridgehead atoms. The van der Waals surface area contributed by atoms with Crippen molar-refractivity contribution in [1.29, 1.82) is 0 Å². The van der Waals surface area contributed by atoms with Gasteiger partial charge in [-0.15, -0.1) is 0 Å². The molecule has 186 valence electrons. The number of Topliss-reactive ketones (excluding diaryl/α,β-unsaturated/α-hetero) is 1. The van der Waals surface area contributed by atoms with E-state index in [1.165, 1.54) is 18.2 Å². The van der Waals surface area contributed by atoms with E-state index in [4.69, 9.17) is 9.47 Å². The minimum atomic E-state index is -5.16. The molecular formula is C24H19F6NO4. The lowest BCUT2D eigenvalue weighted by atomic mass is 9.80. The van der Waals surface area contributed by atoms with E-state index in [9.17, 15) is 36.2 Å². The summed E-state index contributed by atoms with van der Waals surface area (Å²) in [6.07, 6.45) is -8.58. The largest absolute Gasteiger partial charge is 0.511 e. The molecule has 0 amide bonds. The van der Waals surface area contributed by atoms with E-state index in [1.807, 2.05) is 6.92 Å². The standard InChI is InChI=1S/C24H19F6NO4/c1-2-10-3-4-12(34-22-14(24(28,29)30)7-11(9-31-22)23(25,26)27)8-13(10)17-20(32)18-15-5-6-16(35-15)19(18)21(17)33/h3-4,7-9,15-16,18-19,32H,2,5-6H2,1H3. The zero-order valence-electron chi connectivity index (χ0n) is 18.2. The first-order valence-corrected chi connectivity index (χ1v) is 11.0. The zero-order chi connectivity index (χ0) is 25.3. The predicted octanol–water partition coefficient (Wildman–Crippen LogP) is 6.12. The number of nitrogens with zero attached hydrogens (tertiary/aromatic N) is 1. The van der Waals surface area contributed by atoms with Crippen molar-refractivity contribution in [3.63, 3.8) is 0 Å². The Kier molecular flexibility index (Phi) is 5.39. The quantitative estimate of drug-likeness (QED) is 0.514. The van der Waals surface area contributed by atoms with Crippen molar-refractivity contribution in [2.45, 2.75) is 50.7 Å². The number of hydrogen-bond acceptors (Lipinski definition) is 5. The molecular weight excluding hydrogens is 480 g/mol. The lowest BCUT2D eigenvalue weighted by molar-refractivity contribution is -0.144. The smallest absolute Gasteiger partial charge is 0.421 e. The molecule has 2 aromatic rings. The van der Waals surface area contributed by atoms with Gasteiger partial charge in [-0.05, 0) is 48.6 Å². The van der Waals surface area contributed by atoms with Crippen LogP contribution in [0.1, 0.15) is 42.0 Å². The molecule has 3 aliphatic rings. The van der Waals surface area contributed by atoms with Crippen LogP contribution in [0, 0.1) is 11.8 Å². The third-order valence-electron chi connectivity index (χ3n) is 6.82. The van der Waals surface area contributed by atoms with E-state index in [1.54, 1.807) is 0 Å². The van der Waals surface area contributed by atoms with Gasteiger partial charge in [0.25, 0.3) is 0 Å². The monoisotopic (exact) mass is 499 g/mol. The summed E-state index contributed by atoms with van der Waals surface area (Å²) < 4.78 is 90.3. The summed E-state index contributed by atoms with van der Waals surface area (Å²) in [5.74, 6) is -2.59. The first-order valence-electron chi connectivity index (χ1n) is 11.0. The molecule has 1 aliphatic carbocycles. The van der Waals surface area contributed by atoms with E-state index < -0.39 is 41.2 Å². The number of halogens is 6. The number of ketones is 1. The van der Waals surface area contributed by atoms with E-state index in [0.29, 0.717) is 24.0 Å². The van der Waals surface area contributed by atoms with Crippen LogP contribution >= 0.6 is 0 Å². The average Bonchev–Trinajstić information content (AvgIpc) is 3.46. The number of rotatable bonds is 4. The SMILES string of the molecule is CCc1ccc(Oc2ncc(C(F)(F)F)cc2C(F)(F)F)cc1C1=C(O)C2C3CCC(O3)C2C1=O. The summed E-state index contributed by atoms with van der Waals surface area (Å²) in [7, 11) is 0. The topological polar surface area (TPSA) is 68.7 Å². The molecule has 1 N–H and O–H groups in total. The van der Waals surface area contributed by atoms with Crippen LogP contribution in [0.25, 0.3) is 5.57 Å². The Morgan fingerprint density at radius 2 is 1.74 bits per heavy atom. The number of aromatic nitrogens is 1. The molecule has 3 heterocycles. The number of fused-ring (bicyclic) bond motifs is 5. The van der Waals surface area contributed by atoms with Gasteiger partial charge in [0, 0.05) is 6.20 Å². The summed E-state index contributed by atoms with van der Waals surface area (Å²) in [4.78, 5) is 16.5. The second-order valence-corrected chi connectivity index (χ2v) is 8.81. The highest BCUT2D eigenvalue weighted by atomic mass is 19.4. The van der Waals surface area contributed by atoms with Gasteiger partial charge < -0.3 is 14.6 Å². The van der Waals surface area contributed by atoms with Gasteiger partial charge in [0.1, 0.15) is 17.1 Å². The van der Waals surface area contributed by atoms with Crippen molar-refractivity contribution in [1.82, 2.24) is 4.98 Å². The number of ether oxygens (including phenoxy) is 2. The molecule has 2 fully saturated rings. The number of aryl methyl sites for hydroxylation is 1. The van der Waals surface area contributed by atoms with Crippen LogP contribution in [0.3, 0.4) is 0 Å². The fourth-order valence-corrected chi connectivity index (χ4v) is 5.25. The Labute approximate surface area is 195 Å². The molecule has 4 unspecified atom stereocenters. The molecule has 0 radical (unpaired) electrons. The Morgan fingerprint density at radius 3 is 2.34 bits per heavy atom. The Balaban J connectivity index is 1.54. The first-order chi connectivity index (χ1) is 16.4. The van der Waals surface area contributed by atoms with Gasteiger partial charge in [0.05, 0.1) is 35.2 Å². The molecule has 11 heteroatoms. The number of allylic oxidation sites excluding steroid dienone is 1. The fourth-order valence-electron chi connectivity index (χ4n) is 5.25. The number of alkyl halides is 6. The maximum atomic E-state index is 13.5. The molecule has 0 spiro atoms. The van der Waals surface area contributed by atoms with Crippen LogP contribution in [-0.2, 0) is 28.3 Å². The molecule has 1 aromatic heterocycles. The van der Waals surface area contributed by atoms with Crippen LogP contribution in [0.5, 0.6) is 11.6 Å². The highest BCUT2D eigenvalue weighted by Gasteiger charge is 2.59. The van der Waals surface area contributed by atoms with Gasteiger partial charge in [-0.1, -0.05) is 13.0 Å². The molecule has 2 saturated heterocycles. The van der Waals surface area contributed by atoms with Gasteiger partial charge >= 0.3 is 12.4 Å². The molecule has 35 heavy (non-hydrogen) atoms. The van der Waals surface area contributed by atoms with E-state index >= 15 is 0 Å². The predicted molar refractivity (Wildman–Crippen MR) is 110 cm³/mol. The zero-order valence-corrected chi connectivity index (χ0v) is 18.2. The highest BCUT2D eigenvalue weighted by molar-refractivity contribution is 6.25. The third kappa shape index (κ3) is 3.85. The second kappa shape index (κ2) is 7.97. The van der Waals surface area contributed by atoms with Crippen LogP contribution in [0.2, 0.25) is 0 Å². The van der Waals surface area contributed by atoms with Gasteiger partial charge in [-0.3, -0.25) is 4.79 Å². The Hall–Kier alpha value is -3.08. The second-order valence-electron chi connectivity index (χ2n) is 8.81. The van der Waals surface area contributed by atoms with Gasteiger partial charge in [0.15, 0.2) is 5.78 Å². The summed E-state index contributed by atoms with van der Waals surface area (Å²) in [6, 6.07) is 4.13. The molecule has 5 rings (SSSR count). The van der Waals surface area contributed by atoms with Gasteiger partial charge in [-0.2, -0.15) is 26.3 Å². The summed E-state index contributed by atoms with van der Waals surface area (Å²) in [5.41, 5.74) is -2.21. The number of benzene rings is 1. The number of hydrogen-bond donors (Lipinski definition) is 1. The minimum absolute atomic E-state index is 0.0600. The Bertz CT molecular complexity index is 1240. The lowest BCUT2D eigenvalue weighted by Crippen LogP contribution is -2.29. The number of aliphatic hydroxyl groups excluding tert-OH is 1. The maximum Gasteiger partial charge on any atom is 0.421 e. The van der Waals surface area contributed by atoms with Crippen LogP contribution in [0.15, 0.2) is 36.2 Å². The van der Waals surface area contributed by atoms with E-state index in [2.05, 4.69) is 4.98 Å². The summed E-state index contributed by atoms with van der Waals surface area (Å²) in [5, 5.41) is 10.9. The first kappa shape index (κ1) is 23.7. The van der Waals surface area contributed by atoms with Crippen LogP contribution in [-0.4, -0.2) is 28.1 Å². The summed E-state index contributed by atoms with van der Waals surface area (Å²) >= 11 is 0. The number of carbonyl (C=O) groups is 1. The molecule has 1 aromatic carbocycles. The third-order valence-corrected chi connectivity index (χ3v) is 6.82. The van der Waals surface area contributed by atoms with Crippen molar-refractivity contribution in [2.75, 3.05) is 0 Å².